The Bertz CT molecular complexity index is 970. The van der Waals surface area contributed by atoms with E-state index in [4.69, 9.17) is 13.9 Å². The van der Waals surface area contributed by atoms with Crippen LogP contribution in [-0.2, 0) is 4.79 Å². The van der Waals surface area contributed by atoms with Crippen molar-refractivity contribution in [3.8, 4) is 17.2 Å². The minimum absolute atomic E-state index is 0.147. The van der Waals surface area contributed by atoms with Crippen LogP contribution in [0.1, 0.15) is 18.2 Å². The molecule has 0 saturated heterocycles. The van der Waals surface area contributed by atoms with E-state index in [2.05, 4.69) is 0 Å². The van der Waals surface area contributed by atoms with Crippen LogP contribution < -0.4 is 14.9 Å². The van der Waals surface area contributed by atoms with E-state index in [0.29, 0.717) is 33.8 Å². The lowest BCUT2D eigenvalue weighted by Crippen LogP contribution is -2.09. The fourth-order valence-electron chi connectivity index (χ4n) is 2.46. The van der Waals surface area contributed by atoms with Crippen molar-refractivity contribution in [2.24, 2.45) is 0 Å². The zero-order valence-electron chi connectivity index (χ0n) is 13.6. The fraction of sp³-hybridized carbons (Fsp3) is 0.158. The zero-order chi connectivity index (χ0) is 17.3. The van der Waals surface area contributed by atoms with Gasteiger partial charge in [-0.3, -0.25) is 9.59 Å². The summed E-state index contributed by atoms with van der Waals surface area (Å²) in [6.07, 6.45) is 0. The van der Waals surface area contributed by atoms with Gasteiger partial charge in [0.15, 0.2) is 0 Å². The first-order valence-electron chi connectivity index (χ1n) is 7.45. The molecule has 0 radical (unpaired) electrons. The van der Waals surface area contributed by atoms with Gasteiger partial charge in [0.2, 0.25) is 11.2 Å². The van der Waals surface area contributed by atoms with E-state index in [1.54, 1.807) is 38.1 Å². The lowest BCUT2D eigenvalue weighted by molar-refractivity contribution is -0.131. The molecule has 122 valence electrons. The number of aryl methyl sites for hydroxylation is 2. The summed E-state index contributed by atoms with van der Waals surface area (Å²) < 4.78 is 16.6. The minimum atomic E-state index is -0.430. The Morgan fingerprint density at radius 1 is 1.04 bits per heavy atom. The Kier molecular flexibility index (Phi) is 4.08. The maximum Gasteiger partial charge on any atom is 0.308 e. The number of carbonyl (C=O) groups excluding carboxylic acids is 1. The molecule has 0 spiro atoms. The van der Waals surface area contributed by atoms with Crippen molar-refractivity contribution < 1.29 is 18.7 Å². The van der Waals surface area contributed by atoms with Gasteiger partial charge in [0.05, 0.1) is 5.39 Å². The van der Waals surface area contributed by atoms with Gasteiger partial charge in [-0.15, -0.1) is 0 Å². The highest BCUT2D eigenvalue weighted by molar-refractivity contribution is 5.84. The lowest BCUT2D eigenvalue weighted by atomic mass is 10.1. The molecule has 0 fully saturated rings. The second-order valence-electron chi connectivity index (χ2n) is 5.39. The summed E-state index contributed by atoms with van der Waals surface area (Å²) in [7, 11) is 0. The fourth-order valence-corrected chi connectivity index (χ4v) is 2.46. The molecular weight excluding hydrogens is 308 g/mol. The van der Waals surface area contributed by atoms with Gasteiger partial charge in [-0.2, -0.15) is 0 Å². The molecule has 0 aliphatic heterocycles. The summed E-state index contributed by atoms with van der Waals surface area (Å²) in [4.78, 5) is 23.9. The van der Waals surface area contributed by atoms with Crippen molar-refractivity contribution in [2.45, 2.75) is 20.8 Å². The second kappa shape index (κ2) is 6.20. The predicted molar refractivity (Wildman–Crippen MR) is 89.8 cm³/mol. The summed E-state index contributed by atoms with van der Waals surface area (Å²) in [5, 5.41) is 0.375. The number of ether oxygens (including phenoxy) is 2. The second-order valence-corrected chi connectivity index (χ2v) is 5.39. The highest BCUT2D eigenvalue weighted by Gasteiger charge is 2.17. The number of para-hydroxylation sites is 1. The number of carbonyl (C=O) groups is 1. The van der Waals surface area contributed by atoms with Gasteiger partial charge in [-0.1, -0.05) is 18.2 Å². The normalized spacial score (nSPS) is 10.6. The minimum Gasteiger partial charge on any atom is -0.457 e. The summed E-state index contributed by atoms with van der Waals surface area (Å²) in [5.41, 5.74) is 0.709. The number of esters is 1. The molecule has 0 N–H and O–H groups in total. The van der Waals surface area contributed by atoms with Crippen molar-refractivity contribution in [2.75, 3.05) is 0 Å². The van der Waals surface area contributed by atoms with Crippen LogP contribution >= 0.6 is 0 Å². The highest BCUT2D eigenvalue weighted by Crippen LogP contribution is 2.30. The Morgan fingerprint density at radius 3 is 2.42 bits per heavy atom. The molecule has 0 amide bonds. The zero-order valence-corrected chi connectivity index (χ0v) is 13.6. The molecule has 0 aliphatic rings. The molecule has 5 nitrogen and oxygen atoms in total. The van der Waals surface area contributed by atoms with Crippen molar-refractivity contribution in [3.05, 3.63) is 64.0 Å². The number of rotatable bonds is 3. The van der Waals surface area contributed by atoms with Crippen molar-refractivity contribution in [1.29, 1.82) is 0 Å². The Hall–Kier alpha value is -3.08. The molecule has 1 heterocycles. The average Bonchev–Trinajstić information content (AvgIpc) is 2.55. The lowest BCUT2D eigenvalue weighted by Gasteiger charge is -2.11. The van der Waals surface area contributed by atoms with Crippen LogP contribution in [0.15, 0.2) is 51.7 Å². The third kappa shape index (κ3) is 2.88. The van der Waals surface area contributed by atoms with Crippen LogP contribution in [0.4, 0.5) is 0 Å². The summed E-state index contributed by atoms with van der Waals surface area (Å²) in [6.45, 7) is 4.72. The summed E-state index contributed by atoms with van der Waals surface area (Å²) in [6, 6.07) is 12.2. The smallest absolute Gasteiger partial charge is 0.308 e. The molecular formula is C19H16O5. The number of hydrogen-bond donors (Lipinski definition) is 0. The molecule has 1 aromatic heterocycles. The average molecular weight is 324 g/mol. The predicted octanol–water partition coefficient (Wildman–Crippen LogP) is 4.13. The molecule has 5 heteroatoms. The van der Waals surface area contributed by atoms with Gasteiger partial charge in [0.1, 0.15) is 22.8 Å². The number of fused-ring (bicyclic) bond motifs is 1. The van der Waals surface area contributed by atoms with Crippen LogP contribution in [0.5, 0.6) is 17.2 Å². The van der Waals surface area contributed by atoms with E-state index in [-0.39, 0.29) is 11.2 Å². The SMILES string of the molecule is CC(=O)Oc1ccc2c(=O)c(Oc3ccccc3)c(C)oc2c1C. The van der Waals surface area contributed by atoms with Crippen LogP contribution in [-0.4, -0.2) is 5.97 Å². The molecule has 3 rings (SSSR count). The van der Waals surface area contributed by atoms with Gasteiger partial charge >= 0.3 is 5.97 Å². The molecule has 0 aliphatic carbocycles. The maximum atomic E-state index is 12.7. The summed E-state index contributed by atoms with van der Waals surface area (Å²) >= 11 is 0. The van der Waals surface area contributed by atoms with Crippen LogP contribution in [0, 0.1) is 13.8 Å². The third-order valence-electron chi connectivity index (χ3n) is 3.60. The highest BCUT2D eigenvalue weighted by atomic mass is 16.5. The van der Waals surface area contributed by atoms with Gasteiger partial charge in [0.25, 0.3) is 0 Å². The monoisotopic (exact) mass is 324 g/mol. The maximum absolute atomic E-state index is 12.7. The van der Waals surface area contributed by atoms with E-state index in [0.717, 1.165) is 0 Å². The Balaban J connectivity index is 2.14. The van der Waals surface area contributed by atoms with E-state index in [1.807, 2.05) is 18.2 Å². The van der Waals surface area contributed by atoms with Crippen LogP contribution in [0.3, 0.4) is 0 Å². The molecule has 0 bridgehead atoms. The molecule has 0 unspecified atom stereocenters. The van der Waals surface area contributed by atoms with E-state index >= 15 is 0 Å². The molecule has 24 heavy (non-hydrogen) atoms. The van der Waals surface area contributed by atoms with Crippen molar-refractivity contribution >= 4 is 16.9 Å². The van der Waals surface area contributed by atoms with E-state index < -0.39 is 5.97 Å². The van der Waals surface area contributed by atoms with Crippen molar-refractivity contribution in [3.63, 3.8) is 0 Å². The van der Waals surface area contributed by atoms with Gasteiger partial charge in [0, 0.05) is 12.5 Å². The molecule has 0 atom stereocenters. The first-order valence-corrected chi connectivity index (χ1v) is 7.45. The van der Waals surface area contributed by atoms with E-state index in [1.165, 1.54) is 6.92 Å². The van der Waals surface area contributed by atoms with Gasteiger partial charge in [-0.25, -0.2) is 0 Å². The third-order valence-corrected chi connectivity index (χ3v) is 3.60. The van der Waals surface area contributed by atoms with E-state index in [9.17, 15) is 9.59 Å². The molecule has 0 saturated carbocycles. The van der Waals surface area contributed by atoms with Gasteiger partial charge in [-0.05, 0) is 38.1 Å². The molecule has 3 aromatic rings. The summed E-state index contributed by atoms with van der Waals surface area (Å²) in [5.74, 6) is 1.00. The first-order chi connectivity index (χ1) is 11.5. The number of benzene rings is 2. The quantitative estimate of drug-likeness (QED) is 0.535. The largest absolute Gasteiger partial charge is 0.457 e. The molecule has 2 aromatic carbocycles. The first kappa shape index (κ1) is 15.8. The standard InChI is InChI=1S/C19H16O5/c1-11-16(23-13(3)20)10-9-15-17(21)19(12(2)22-18(11)15)24-14-7-5-4-6-8-14/h4-10H,1-3H3. The topological polar surface area (TPSA) is 65.7 Å². The Morgan fingerprint density at radius 2 is 1.75 bits per heavy atom. The van der Waals surface area contributed by atoms with Crippen molar-refractivity contribution in [1.82, 2.24) is 0 Å². The number of hydrogen-bond acceptors (Lipinski definition) is 5. The van der Waals surface area contributed by atoms with Crippen LogP contribution in [0.2, 0.25) is 0 Å². The van der Waals surface area contributed by atoms with Crippen LogP contribution in [0.25, 0.3) is 11.0 Å². The van der Waals surface area contributed by atoms with Gasteiger partial charge < -0.3 is 13.9 Å². The Labute approximate surface area is 138 Å².